The van der Waals surface area contributed by atoms with E-state index in [9.17, 15) is 18.0 Å². The third-order valence-corrected chi connectivity index (χ3v) is 4.91. The van der Waals surface area contributed by atoms with Crippen molar-refractivity contribution >= 4 is 31.4 Å². The summed E-state index contributed by atoms with van der Waals surface area (Å²) in [5, 5.41) is 4.23. The van der Waals surface area contributed by atoms with Gasteiger partial charge in [0, 0.05) is 11.6 Å². The average molecular weight is 404 g/mol. The molecular weight excluding hydrogens is 384 g/mol. The monoisotopic (exact) mass is 404 g/mol. The van der Waals surface area contributed by atoms with Gasteiger partial charge in [0.2, 0.25) is 0 Å². The second-order valence-electron chi connectivity index (χ2n) is 7.11. The first-order valence-electron chi connectivity index (χ1n) is 8.73. The smallest absolute Gasteiger partial charge is 0.346 e. The number of alkyl halides is 3. The number of pyridine rings is 1. The molecule has 0 spiro atoms. The van der Waals surface area contributed by atoms with Crippen molar-refractivity contribution in [2.45, 2.75) is 31.5 Å². The number of amides is 1. The largest absolute Gasteiger partial charge is 0.391 e. The summed E-state index contributed by atoms with van der Waals surface area (Å²) in [7, 11) is 2.57. The lowest BCUT2D eigenvalue weighted by molar-refractivity contribution is -0.147. The number of carbonyl (C=O) groups is 1. The fourth-order valence-corrected chi connectivity index (χ4v) is 3.65. The number of halogens is 3. The van der Waals surface area contributed by atoms with Crippen LogP contribution in [0.1, 0.15) is 29.3 Å². The number of benzene rings is 2. The molecule has 1 aromatic heterocycles. The van der Waals surface area contributed by atoms with Crippen molar-refractivity contribution in [2.75, 3.05) is 0 Å². The lowest BCUT2D eigenvalue weighted by Crippen LogP contribution is -2.50. The van der Waals surface area contributed by atoms with Gasteiger partial charge in [-0.15, -0.1) is 9.24 Å². The molecule has 1 unspecified atom stereocenters. The first-order valence-corrected chi connectivity index (χ1v) is 9.30. The molecule has 2 atom stereocenters. The van der Waals surface area contributed by atoms with Gasteiger partial charge in [-0.1, -0.05) is 48.5 Å². The third kappa shape index (κ3) is 5.08. The maximum Gasteiger partial charge on any atom is 0.391 e. The van der Waals surface area contributed by atoms with E-state index < -0.39 is 24.0 Å². The summed E-state index contributed by atoms with van der Waals surface area (Å²) in [5.74, 6) is -0.578. The van der Waals surface area contributed by atoms with Crippen LogP contribution in [0.5, 0.6) is 0 Å². The Hall–Kier alpha value is -2.46. The van der Waals surface area contributed by atoms with Crippen LogP contribution in [-0.2, 0) is 6.42 Å². The summed E-state index contributed by atoms with van der Waals surface area (Å²) < 4.78 is 39.6. The summed E-state index contributed by atoms with van der Waals surface area (Å²) in [6.07, 6.45) is -4.08. The van der Waals surface area contributed by atoms with E-state index in [1.165, 1.54) is 13.1 Å². The summed E-state index contributed by atoms with van der Waals surface area (Å²) >= 11 is 0. The van der Waals surface area contributed by atoms with Gasteiger partial charge in [-0.2, -0.15) is 13.2 Å². The Balaban J connectivity index is 1.88. The molecule has 0 aliphatic heterocycles. The highest BCUT2D eigenvalue weighted by molar-refractivity contribution is 7.28. The lowest BCUT2D eigenvalue weighted by atomic mass is 9.88. The van der Waals surface area contributed by atoms with Crippen LogP contribution in [0.15, 0.2) is 60.8 Å². The quantitative estimate of drug-likeness (QED) is 0.640. The van der Waals surface area contributed by atoms with Crippen LogP contribution < -0.4 is 10.6 Å². The highest BCUT2D eigenvalue weighted by atomic mass is 31.0. The van der Waals surface area contributed by atoms with E-state index in [-0.39, 0.29) is 12.0 Å². The molecule has 2 aromatic carbocycles. The Bertz CT molecular complexity index is 992. The number of nitrogens with one attached hydrogen (secondary N) is 1. The molecule has 3 rings (SSSR count). The number of aromatic nitrogens is 1. The Morgan fingerprint density at radius 1 is 1.11 bits per heavy atom. The van der Waals surface area contributed by atoms with Gasteiger partial charge < -0.3 is 5.32 Å². The number of nitrogens with zero attached hydrogens (tertiary/aromatic N) is 1. The van der Waals surface area contributed by atoms with E-state index in [1.54, 1.807) is 36.4 Å². The molecule has 0 aliphatic rings. The molecule has 3 aromatic rings. The number of rotatable bonds is 5. The van der Waals surface area contributed by atoms with Crippen molar-refractivity contribution in [3.8, 4) is 0 Å². The fraction of sp³-hybridized carbons (Fsp3) is 0.238. The highest BCUT2D eigenvalue weighted by Crippen LogP contribution is 2.30. The van der Waals surface area contributed by atoms with Crippen LogP contribution >= 0.6 is 9.24 Å². The molecule has 0 saturated carbocycles. The Morgan fingerprint density at radius 3 is 2.50 bits per heavy atom. The van der Waals surface area contributed by atoms with Crippen molar-refractivity contribution < 1.29 is 18.0 Å². The molecule has 28 heavy (non-hydrogen) atoms. The normalized spacial score (nSPS) is 13.9. The molecule has 1 N–H and O–H groups in total. The Kier molecular flexibility index (Phi) is 5.71. The summed E-state index contributed by atoms with van der Waals surface area (Å²) in [6.45, 7) is 1.42. The summed E-state index contributed by atoms with van der Waals surface area (Å²) in [4.78, 5) is 17.0. The van der Waals surface area contributed by atoms with Crippen molar-refractivity contribution in [3.63, 3.8) is 0 Å². The van der Waals surface area contributed by atoms with Gasteiger partial charge in [0.15, 0.2) is 0 Å². The van der Waals surface area contributed by atoms with Gasteiger partial charge in [0.25, 0.3) is 5.91 Å². The van der Waals surface area contributed by atoms with Crippen LogP contribution in [0.3, 0.4) is 0 Å². The standard InChI is InChI=1S/C21H20F3N2OP/c1-20(13-21(22,23)24,11-14-6-3-2-4-7-14)26-19(27)16-10-15-8-5-9-17(28)18(15)25-12-16/h2-10,12H,11,13,28H2,1H3,(H,26,27)/t20-/m0/s1. The SMILES string of the molecule is C[C@](Cc1ccccc1)(CC(F)(F)F)NC(=O)c1cnc2c(P)cccc2c1. The number of hydrogen-bond acceptors (Lipinski definition) is 2. The van der Waals surface area contributed by atoms with Gasteiger partial charge in [-0.05, 0) is 30.3 Å². The Morgan fingerprint density at radius 2 is 1.82 bits per heavy atom. The fourth-order valence-electron chi connectivity index (χ4n) is 3.29. The van der Waals surface area contributed by atoms with Crippen molar-refractivity contribution in [1.29, 1.82) is 0 Å². The maximum atomic E-state index is 13.2. The predicted octanol–water partition coefficient (Wildman–Crippen LogP) is 4.42. The van der Waals surface area contributed by atoms with Gasteiger partial charge in [0.1, 0.15) is 0 Å². The molecule has 1 amide bonds. The molecular formula is C21H20F3N2OP. The van der Waals surface area contributed by atoms with Crippen LogP contribution in [0.4, 0.5) is 13.2 Å². The van der Waals surface area contributed by atoms with Crippen molar-refractivity contribution in [2.24, 2.45) is 0 Å². The molecule has 7 heteroatoms. The van der Waals surface area contributed by atoms with Crippen LogP contribution in [-0.4, -0.2) is 22.6 Å². The predicted molar refractivity (Wildman–Crippen MR) is 108 cm³/mol. The van der Waals surface area contributed by atoms with E-state index in [0.717, 1.165) is 21.8 Å². The number of hydrogen-bond donors (Lipinski definition) is 1. The topological polar surface area (TPSA) is 42.0 Å². The zero-order valence-electron chi connectivity index (χ0n) is 15.3. The molecule has 0 radical (unpaired) electrons. The van der Waals surface area contributed by atoms with Crippen molar-refractivity contribution in [1.82, 2.24) is 10.3 Å². The molecule has 1 heterocycles. The van der Waals surface area contributed by atoms with Gasteiger partial charge in [-0.25, -0.2) is 0 Å². The highest BCUT2D eigenvalue weighted by Gasteiger charge is 2.40. The molecule has 3 nitrogen and oxygen atoms in total. The lowest BCUT2D eigenvalue weighted by Gasteiger charge is -2.32. The van der Waals surface area contributed by atoms with Gasteiger partial charge >= 0.3 is 6.18 Å². The zero-order chi connectivity index (χ0) is 20.4. The van der Waals surface area contributed by atoms with Crippen LogP contribution in [0.2, 0.25) is 0 Å². The molecule has 0 saturated heterocycles. The van der Waals surface area contributed by atoms with E-state index in [0.29, 0.717) is 0 Å². The van der Waals surface area contributed by atoms with Crippen LogP contribution in [0.25, 0.3) is 10.9 Å². The van der Waals surface area contributed by atoms with E-state index >= 15 is 0 Å². The molecule has 0 bridgehead atoms. The Labute approximate surface area is 163 Å². The summed E-state index contributed by atoms with van der Waals surface area (Å²) in [6, 6.07) is 16.0. The van der Waals surface area contributed by atoms with Crippen molar-refractivity contribution in [3.05, 3.63) is 71.9 Å². The van der Waals surface area contributed by atoms with Crippen LogP contribution in [0, 0.1) is 0 Å². The number of fused-ring (bicyclic) bond motifs is 1. The molecule has 146 valence electrons. The number of carbonyl (C=O) groups excluding carboxylic acids is 1. The number of para-hydroxylation sites is 1. The summed E-state index contributed by atoms with van der Waals surface area (Å²) in [5.41, 5.74) is 0.198. The molecule has 0 aliphatic carbocycles. The third-order valence-electron chi connectivity index (χ3n) is 4.45. The minimum atomic E-state index is -4.41. The maximum absolute atomic E-state index is 13.2. The first-order chi connectivity index (χ1) is 13.2. The molecule has 0 fully saturated rings. The first kappa shape index (κ1) is 20.3. The second-order valence-corrected chi connectivity index (χ2v) is 7.73. The van der Waals surface area contributed by atoms with Gasteiger partial charge in [0.05, 0.1) is 23.0 Å². The minimum Gasteiger partial charge on any atom is -0.346 e. The zero-order valence-corrected chi connectivity index (χ0v) is 16.4. The minimum absolute atomic E-state index is 0.0653. The van der Waals surface area contributed by atoms with E-state index in [2.05, 4.69) is 19.5 Å². The van der Waals surface area contributed by atoms with E-state index in [4.69, 9.17) is 0 Å². The van der Waals surface area contributed by atoms with Gasteiger partial charge in [-0.3, -0.25) is 9.78 Å². The second kappa shape index (κ2) is 7.88. The average Bonchev–Trinajstić information content (AvgIpc) is 2.60. The van der Waals surface area contributed by atoms with E-state index in [1.807, 2.05) is 18.2 Å².